The van der Waals surface area contributed by atoms with Crippen LogP contribution in [0.4, 0.5) is 13.2 Å². The van der Waals surface area contributed by atoms with E-state index in [-0.39, 0.29) is 18.3 Å². The Hall–Kier alpha value is -4.61. The fraction of sp³-hybridized carbons (Fsp3) is 0.250. The maximum atomic E-state index is 11.1. The molecule has 11 heteroatoms. The zero-order valence-corrected chi connectivity index (χ0v) is 22.9. The van der Waals surface area contributed by atoms with Gasteiger partial charge in [-0.3, -0.25) is 0 Å². The van der Waals surface area contributed by atoms with E-state index in [9.17, 15) is 23.1 Å². The van der Waals surface area contributed by atoms with Crippen molar-refractivity contribution in [3.05, 3.63) is 96.1 Å². The van der Waals surface area contributed by atoms with Gasteiger partial charge in [0, 0.05) is 13.1 Å². The van der Waals surface area contributed by atoms with E-state index >= 15 is 0 Å². The Kier molecular flexibility index (Phi) is 10.2. The Morgan fingerprint density at radius 2 is 1.60 bits per heavy atom. The third-order valence-electron chi connectivity index (χ3n) is 6.71. The summed E-state index contributed by atoms with van der Waals surface area (Å²) in [5, 5.41) is 32.1. The predicted molar refractivity (Wildman–Crippen MR) is 154 cm³/mol. The Labute approximate surface area is 245 Å². The van der Waals surface area contributed by atoms with Crippen LogP contribution in [-0.4, -0.2) is 65.3 Å². The number of benzene rings is 4. The number of carboxylic acids is 2. The van der Waals surface area contributed by atoms with Gasteiger partial charge < -0.3 is 30.1 Å². The van der Waals surface area contributed by atoms with Crippen molar-refractivity contribution < 1.29 is 47.6 Å². The van der Waals surface area contributed by atoms with Gasteiger partial charge in [-0.15, -0.1) is 0 Å². The molecule has 0 bridgehead atoms. The average molecular weight is 598 g/mol. The molecule has 0 aliphatic carbocycles. The number of aliphatic hydroxyl groups excluding tert-OH is 1. The van der Waals surface area contributed by atoms with Gasteiger partial charge in [0.2, 0.25) is 0 Å². The summed E-state index contributed by atoms with van der Waals surface area (Å²) in [5.74, 6) is -2.06. The smallest absolute Gasteiger partial charge is 0.490 e. The Morgan fingerprint density at radius 1 is 0.930 bits per heavy atom. The summed E-state index contributed by atoms with van der Waals surface area (Å²) in [5.41, 5.74) is 3.45. The number of aliphatic hydroxyl groups is 1. The minimum Gasteiger partial charge on any atom is -0.491 e. The van der Waals surface area contributed by atoms with Gasteiger partial charge >= 0.3 is 18.1 Å². The first-order chi connectivity index (χ1) is 20.5. The molecule has 0 fully saturated rings. The molecule has 1 aliphatic rings. The normalized spacial score (nSPS) is 14.9. The summed E-state index contributed by atoms with van der Waals surface area (Å²) < 4.78 is 43.7. The monoisotopic (exact) mass is 597 g/mol. The molecule has 0 unspecified atom stereocenters. The van der Waals surface area contributed by atoms with Gasteiger partial charge in [0.25, 0.3) is 0 Å². The number of aryl methyl sites for hydroxylation is 1. The van der Waals surface area contributed by atoms with Crippen LogP contribution in [0.25, 0.3) is 21.9 Å². The van der Waals surface area contributed by atoms with E-state index in [1.807, 2.05) is 60.7 Å². The second kappa shape index (κ2) is 14.0. The molecule has 1 heterocycles. The number of hydrogen-bond donors (Lipinski definition) is 4. The van der Waals surface area contributed by atoms with Gasteiger partial charge in [-0.25, -0.2) is 9.59 Å². The average Bonchev–Trinajstić information content (AvgIpc) is 2.99. The van der Waals surface area contributed by atoms with Gasteiger partial charge in [-0.2, -0.15) is 13.2 Å². The lowest BCUT2D eigenvalue weighted by molar-refractivity contribution is -0.192. The molecule has 2 atom stereocenters. The van der Waals surface area contributed by atoms with Crippen molar-refractivity contribution in [3.63, 3.8) is 0 Å². The lowest BCUT2D eigenvalue weighted by Crippen LogP contribution is -2.39. The van der Waals surface area contributed by atoms with Crippen LogP contribution in [0.3, 0.4) is 0 Å². The summed E-state index contributed by atoms with van der Waals surface area (Å²) in [4.78, 5) is 20.0. The maximum absolute atomic E-state index is 11.1. The van der Waals surface area contributed by atoms with Gasteiger partial charge in [-0.1, -0.05) is 48.5 Å². The van der Waals surface area contributed by atoms with E-state index in [2.05, 4.69) is 17.4 Å². The standard InChI is InChI=1S/C30H29NO5.C2HF3O2/c32-26(19-35-27-12-9-20-3-1-2-4-23(20)16-27)17-31-18-28-13-10-25-15-24(11-14-29(25)36-28)21-5-7-22(8-6-21)30(33)34;3-2(4,5)1(6)7/h1-9,11-12,14-16,26,28,31-32H,10,13,17-19H2,(H,33,34);(H,6,7)/t26-,28-;/m1./s1. The SMILES string of the molecule is O=C(O)C(F)(F)F.O=C(O)c1ccc(-c2ccc3c(c2)CC[C@H](CNC[C@@H](O)COc2ccc4ccccc4c2)O3)cc1. The molecule has 226 valence electrons. The minimum atomic E-state index is -5.08. The van der Waals surface area contributed by atoms with Crippen molar-refractivity contribution in [1.82, 2.24) is 5.32 Å². The van der Waals surface area contributed by atoms with Crippen molar-refractivity contribution in [3.8, 4) is 22.6 Å². The highest BCUT2D eigenvalue weighted by atomic mass is 19.4. The molecule has 1 aliphatic heterocycles. The molecule has 5 rings (SSSR count). The second-order valence-electron chi connectivity index (χ2n) is 9.92. The molecule has 4 aromatic rings. The summed E-state index contributed by atoms with van der Waals surface area (Å²) in [6.07, 6.45) is -3.89. The quantitative estimate of drug-likeness (QED) is 0.198. The van der Waals surface area contributed by atoms with Crippen LogP contribution in [0.5, 0.6) is 11.5 Å². The molecule has 0 amide bonds. The number of alkyl halides is 3. The topological polar surface area (TPSA) is 125 Å². The number of fused-ring (bicyclic) bond motifs is 2. The first kappa shape index (κ1) is 31.3. The zero-order chi connectivity index (χ0) is 31.0. The third-order valence-corrected chi connectivity index (χ3v) is 6.71. The Morgan fingerprint density at radius 3 is 2.28 bits per heavy atom. The number of ether oxygens (including phenoxy) is 2. The maximum Gasteiger partial charge on any atom is 0.490 e. The summed E-state index contributed by atoms with van der Waals surface area (Å²) in [6.45, 7) is 1.28. The minimum absolute atomic E-state index is 0.0341. The highest BCUT2D eigenvalue weighted by Crippen LogP contribution is 2.32. The van der Waals surface area contributed by atoms with Crippen molar-refractivity contribution in [2.75, 3.05) is 19.7 Å². The van der Waals surface area contributed by atoms with Crippen LogP contribution in [0.1, 0.15) is 22.3 Å². The molecule has 0 saturated heterocycles. The summed E-state index contributed by atoms with van der Waals surface area (Å²) in [6, 6.07) is 27.0. The van der Waals surface area contributed by atoms with Crippen LogP contribution < -0.4 is 14.8 Å². The highest BCUT2D eigenvalue weighted by molar-refractivity contribution is 5.88. The molecule has 0 saturated carbocycles. The molecular weight excluding hydrogens is 567 g/mol. The lowest BCUT2D eigenvalue weighted by atomic mass is 9.96. The molecule has 4 aromatic carbocycles. The van der Waals surface area contributed by atoms with Gasteiger partial charge in [0.1, 0.15) is 30.3 Å². The van der Waals surface area contributed by atoms with E-state index < -0.39 is 24.2 Å². The molecular formula is C32H30F3NO7. The molecule has 0 radical (unpaired) electrons. The fourth-order valence-electron chi connectivity index (χ4n) is 4.49. The van der Waals surface area contributed by atoms with E-state index in [1.165, 1.54) is 0 Å². The van der Waals surface area contributed by atoms with E-state index in [1.54, 1.807) is 12.1 Å². The van der Waals surface area contributed by atoms with E-state index in [4.69, 9.17) is 24.5 Å². The van der Waals surface area contributed by atoms with Gasteiger partial charge in [0.15, 0.2) is 0 Å². The third kappa shape index (κ3) is 8.94. The van der Waals surface area contributed by atoms with Crippen molar-refractivity contribution in [2.45, 2.75) is 31.2 Å². The first-order valence-corrected chi connectivity index (χ1v) is 13.4. The van der Waals surface area contributed by atoms with Gasteiger partial charge in [0.05, 0.1) is 5.56 Å². The molecule has 0 aromatic heterocycles. The first-order valence-electron chi connectivity index (χ1n) is 13.4. The van der Waals surface area contributed by atoms with Crippen LogP contribution in [0, 0.1) is 0 Å². The number of rotatable bonds is 9. The lowest BCUT2D eigenvalue weighted by Gasteiger charge is -2.27. The predicted octanol–water partition coefficient (Wildman–Crippen LogP) is 5.56. The van der Waals surface area contributed by atoms with Crippen molar-refractivity contribution >= 4 is 22.7 Å². The highest BCUT2D eigenvalue weighted by Gasteiger charge is 2.38. The Balaban J connectivity index is 0.000000541. The number of nitrogens with one attached hydrogen (secondary N) is 1. The largest absolute Gasteiger partial charge is 0.491 e. The fourth-order valence-corrected chi connectivity index (χ4v) is 4.49. The Bertz CT molecular complexity index is 1560. The number of carboxylic acid groups (broad SMARTS) is 2. The van der Waals surface area contributed by atoms with Crippen LogP contribution in [-0.2, 0) is 11.2 Å². The van der Waals surface area contributed by atoms with Crippen LogP contribution in [0.15, 0.2) is 84.9 Å². The van der Waals surface area contributed by atoms with Crippen LogP contribution >= 0.6 is 0 Å². The van der Waals surface area contributed by atoms with E-state index in [0.717, 1.165) is 51.8 Å². The van der Waals surface area contributed by atoms with E-state index in [0.29, 0.717) is 13.1 Å². The number of carbonyl (C=O) groups is 2. The second-order valence-corrected chi connectivity index (χ2v) is 9.92. The number of hydrogen-bond acceptors (Lipinski definition) is 6. The number of aliphatic carboxylic acids is 1. The molecule has 8 nitrogen and oxygen atoms in total. The number of aromatic carboxylic acids is 1. The van der Waals surface area contributed by atoms with Crippen molar-refractivity contribution in [2.24, 2.45) is 0 Å². The van der Waals surface area contributed by atoms with Crippen molar-refractivity contribution in [1.29, 1.82) is 0 Å². The van der Waals surface area contributed by atoms with Gasteiger partial charge in [-0.05, 0) is 76.7 Å². The zero-order valence-electron chi connectivity index (χ0n) is 22.9. The summed E-state index contributed by atoms with van der Waals surface area (Å²) >= 11 is 0. The molecule has 4 N–H and O–H groups in total. The molecule has 0 spiro atoms. The summed E-state index contributed by atoms with van der Waals surface area (Å²) in [7, 11) is 0. The number of halogens is 3. The molecule has 43 heavy (non-hydrogen) atoms. The van der Waals surface area contributed by atoms with Crippen LogP contribution in [0.2, 0.25) is 0 Å².